The molecule has 0 bridgehead atoms. The van der Waals surface area contributed by atoms with Gasteiger partial charge in [-0.05, 0) is 24.6 Å². The minimum atomic E-state index is -0.970. The zero-order valence-electron chi connectivity index (χ0n) is 15.5. The van der Waals surface area contributed by atoms with Crippen molar-refractivity contribution in [3.63, 3.8) is 0 Å². The number of morpholine rings is 1. The number of hydrogen-bond acceptors (Lipinski definition) is 5. The molecule has 3 amide bonds. The highest BCUT2D eigenvalue weighted by atomic mass is 16.5. The second kappa shape index (κ2) is 7.51. The lowest BCUT2D eigenvalue weighted by atomic mass is 9.92. The van der Waals surface area contributed by atoms with Crippen LogP contribution in [0.3, 0.4) is 0 Å². The fourth-order valence-electron chi connectivity index (χ4n) is 3.45. The van der Waals surface area contributed by atoms with Gasteiger partial charge in [-0.3, -0.25) is 4.79 Å². The van der Waals surface area contributed by atoms with E-state index in [9.17, 15) is 9.59 Å². The van der Waals surface area contributed by atoms with Crippen LogP contribution in [-0.2, 0) is 16.0 Å². The number of quaternary nitrogens is 1. The summed E-state index contributed by atoms with van der Waals surface area (Å²) < 4.78 is 15.9. The lowest BCUT2D eigenvalue weighted by Gasteiger charge is -2.27. The maximum atomic E-state index is 12.9. The number of ether oxygens (including phenoxy) is 3. The van der Waals surface area contributed by atoms with Crippen LogP contribution in [0.25, 0.3) is 0 Å². The second-order valence-electron chi connectivity index (χ2n) is 6.88. The molecule has 2 N–H and O–H groups in total. The van der Waals surface area contributed by atoms with Gasteiger partial charge in [0.25, 0.3) is 5.91 Å². The lowest BCUT2D eigenvalue weighted by molar-refractivity contribution is -0.915. The number of rotatable bonds is 6. The van der Waals surface area contributed by atoms with E-state index in [1.807, 2.05) is 12.1 Å². The number of nitrogens with zero attached hydrogens (tertiary/aromatic N) is 1. The van der Waals surface area contributed by atoms with Gasteiger partial charge in [-0.25, -0.2) is 9.69 Å². The minimum Gasteiger partial charge on any atom is -0.493 e. The number of hydrogen-bond donors (Lipinski definition) is 2. The first-order valence-corrected chi connectivity index (χ1v) is 8.73. The number of methoxy groups -OCH3 is 2. The molecule has 1 aromatic carbocycles. The van der Waals surface area contributed by atoms with Gasteiger partial charge in [0.1, 0.15) is 18.6 Å². The number of amides is 3. The number of carbonyl (C=O) groups is 2. The van der Waals surface area contributed by atoms with Crippen LogP contribution in [0.15, 0.2) is 18.2 Å². The fourth-order valence-corrected chi connectivity index (χ4v) is 3.45. The zero-order chi connectivity index (χ0) is 18.7. The number of benzene rings is 1. The molecule has 26 heavy (non-hydrogen) atoms. The molecule has 8 nitrogen and oxygen atoms in total. The summed E-state index contributed by atoms with van der Waals surface area (Å²) in [5.74, 6) is 1.02. The van der Waals surface area contributed by atoms with E-state index in [2.05, 4.69) is 5.32 Å². The number of urea groups is 1. The Balaban J connectivity index is 1.73. The average molecular weight is 364 g/mol. The van der Waals surface area contributed by atoms with Crippen LogP contribution < -0.4 is 19.7 Å². The Morgan fingerprint density at radius 1 is 1.19 bits per heavy atom. The number of carbonyl (C=O) groups excluding carboxylic acids is 2. The van der Waals surface area contributed by atoms with Crippen molar-refractivity contribution in [3.8, 4) is 11.5 Å². The SMILES string of the molecule is COc1ccc(C[C@@]2(C)NC(=O)N(C[NH+]3CCOCC3)C2=O)cc1OC. The fraction of sp³-hybridized carbons (Fsp3) is 0.556. The van der Waals surface area contributed by atoms with Crippen LogP contribution in [0.2, 0.25) is 0 Å². The third-order valence-electron chi connectivity index (χ3n) is 4.93. The second-order valence-corrected chi connectivity index (χ2v) is 6.88. The van der Waals surface area contributed by atoms with Crippen LogP contribution >= 0.6 is 0 Å². The molecule has 0 unspecified atom stereocenters. The Morgan fingerprint density at radius 3 is 2.54 bits per heavy atom. The van der Waals surface area contributed by atoms with E-state index < -0.39 is 5.54 Å². The lowest BCUT2D eigenvalue weighted by Crippen LogP contribution is -3.15. The molecular weight excluding hydrogens is 338 g/mol. The predicted molar refractivity (Wildman–Crippen MR) is 93.4 cm³/mol. The first-order valence-electron chi connectivity index (χ1n) is 8.73. The summed E-state index contributed by atoms with van der Waals surface area (Å²) in [6.45, 7) is 5.03. The minimum absolute atomic E-state index is 0.198. The Hall–Kier alpha value is -2.32. The molecule has 2 fully saturated rings. The molecule has 2 aliphatic rings. The highest BCUT2D eigenvalue weighted by Gasteiger charge is 2.49. The van der Waals surface area contributed by atoms with Crippen LogP contribution in [0.4, 0.5) is 4.79 Å². The van der Waals surface area contributed by atoms with Crippen LogP contribution in [0.5, 0.6) is 11.5 Å². The van der Waals surface area contributed by atoms with Gasteiger partial charge in [-0.15, -0.1) is 0 Å². The van der Waals surface area contributed by atoms with Crippen molar-refractivity contribution >= 4 is 11.9 Å². The third kappa shape index (κ3) is 3.61. The van der Waals surface area contributed by atoms with Gasteiger partial charge in [-0.2, -0.15) is 0 Å². The van der Waals surface area contributed by atoms with Crippen molar-refractivity contribution in [1.82, 2.24) is 10.2 Å². The summed E-state index contributed by atoms with van der Waals surface area (Å²) in [6, 6.07) is 5.17. The van der Waals surface area contributed by atoms with E-state index in [1.54, 1.807) is 27.2 Å². The van der Waals surface area contributed by atoms with Gasteiger partial charge >= 0.3 is 6.03 Å². The van der Waals surface area contributed by atoms with Gasteiger partial charge in [0.15, 0.2) is 18.2 Å². The van der Waals surface area contributed by atoms with E-state index in [1.165, 1.54) is 9.80 Å². The first kappa shape index (κ1) is 18.5. The summed E-state index contributed by atoms with van der Waals surface area (Å²) in [4.78, 5) is 27.8. The Morgan fingerprint density at radius 2 is 1.88 bits per heavy atom. The molecule has 142 valence electrons. The van der Waals surface area contributed by atoms with Gasteiger partial charge < -0.3 is 24.4 Å². The smallest absolute Gasteiger partial charge is 0.329 e. The molecule has 0 spiro atoms. The molecule has 0 aromatic heterocycles. The number of imide groups is 1. The molecule has 2 saturated heterocycles. The Bertz CT molecular complexity index is 689. The van der Waals surface area contributed by atoms with Crippen molar-refractivity contribution in [2.45, 2.75) is 18.9 Å². The van der Waals surface area contributed by atoms with Crippen LogP contribution in [0.1, 0.15) is 12.5 Å². The molecule has 3 rings (SSSR count). The summed E-state index contributed by atoms with van der Waals surface area (Å²) in [5.41, 5.74) is -0.0815. The van der Waals surface area contributed by atoms with Crippen molar-refractivity contribution in [3.05, 3.63) is 23.8 Å². The van der Waals surface area contributed by atoms with Gasteiger partial charge in [-0.1, -0.05) is 6.07 Å². The molecule has 0 aliphatic carbocycles. The van der Waals surface area contributed by atoms with Gasteiger partial charge in [0, 0.05) is 6.42 Å². The number of nitrogens with one attached hydrogen (secondary N) is 2. The third-order valence-corrected chi connectivity index (χ3v) is 4.93. The van der Waals surface area contributed by atoms with E-state index in [4.69, 9.17) is 14.2 Å². The molecule has 0 radical (unpaired) electrons. The summed E-state index contributed by atoms with van der Waals surface area (Å²) >= 11 is 0. The van der Waals surface area contributed by atoms with E-state index in [0.717, 1.165) is 18.7 Å². The van der Waals surface area contributed by atoms with E-state index in [-0.39, 0.29) is 11.9 Å². The molecule has 1 aromatic rings. The Kier molecular flexibility index (Phi) is 5.33. The van der Waals surface area contributed by atoms with Crippen molar-refractivity contribution < 1.29 is 28.7 Å². The molecule has 0 saturated carbocycles. The summed E-state index contributed by atoms with van der Waals surface area (Å²) in [7, 11) is 3.14. The topological polar surface area (TPSA) is 81.5 Å². The zero-order valence-corrected chi connectivity index (χ0v) is 15.5. The highest BCUT2D eigenvalue weighted by molar-refractivity contribution is 6.06. The maximum Gasteiger partial charge on any atom is 0.329 e. The average Bonchev–Trinajstić information content (AvgIpc) is 2.85. The summed E-state index contributed by atoms with van der Waals surface area (Å²) in [6.07, 6.45) is 0.382. The maximum absolute atomic E-state index is 12.9. The van der Waals surface area contributed by atoms with Crippen LogP contribution in [0, 0.1) is 0 Å². The standard InChI is InChI=1S/C18H25N3O5/c1-18(11-13-4-5-14(24-2)15(10-13)25-3)16(22)21(17(23)19-18)12-20-6-8-26-9-7-20/h4-5,10H,6-9,11-12H2,1-3H3,(H,19,23)/p+1/t18-/m1/s1. The van der Waals surface area contributed by atoms with Crippen molar-refractivity contribution in [2.75, 3.05) is 47.2 Å². The summed E-state index contributed by atoms with van der Waals surface area (Å²) in [5, 5.41) is 2.86. The molecular formula is C18H26N3O5+. The van der Waals surface area contributed by atoms with Crippen molar-refractivity contribution in [1.29, 1.82) is 0 Å². The monoisotopic (exact) mass is 364 g/mol. The predicted octanol–water partition coefficient (Wildman–Crippen LogP) is -0.571. The molecule has 2 heterocycles. The Labute approximate surface area is 153 Å². The normalized spacial score (nSPS) is 23.9. The molecule has 2 aliphatic heterocycles. The van der Waals surface area contributed by atoms with E-state index >= 15 is 0 Å². The van der Waals surface area contributed by atoms with Crippen molar-refractivity contribution in [2.24, 2.45) is 0 Å². The largest absolute Gasteiger partial charge is 0.493 e. The highest BCUT2D eigenvalue weighted by Crippen LogP contribution is 2.30. The molecule has 8 heteroatoms. The molecule has 1 atom stereocenters. The van der Waals surface area contributed by atoms with E-state index in [0.29, 0.717) is 37.8 Å². The van der Waals surface area contributed by atoms with Gasteiger partial charge in [0.2, 0.25) is 0 Å². The van der Waals surface area contributed by atoms with Crippen LogP contribution in [-0.4, -0.2) is 69.6 Å². The first-order chi connectivity index (χ1) is 12.5. The quantitative estimate of drug-likeness (QED) is 0.661. The van der Waals surface area contributed by atoms with Gasteiger partial charge in [0.05, 0.1) is 27.4 Å².